The van der Waals surface area contributed by atoms with E-state index >= 15 is 0 Å². The van der Waals surface area contributed by atoms with Crippen LogP contribution in [0.3, 0.4) is 0 Å². The predicted molar refractivity (Wildman–Crippen MR) is 60.3 cm³/mol. The summed E-state index contributed by atoms with van der Waals surface area (Å²) in [6.07, 6.45) is 5.45. The SMILES string of the molecule is CC(O)CN(C)C1CCCCCC1C#N. The maximum atomic E-state index is 9.36. The Balaban J connectivity index is 2.58. The highest BCUT2D eigenvalue weighted by molar-refractivity contribution is 4.94. The molecule has 3 atom stereocenters. The first-order valence-electron chi connectivity index (χ1n) is 5.93. The fourth-order valence-electron chi connectivity index (χ4n) is 2.52. The van der Waals surface area contributed by atoms with Crippen LogP contribution >= 0.6 is 0 Å². The molecule has 0 aliphatic heterocycles. The summed E-state index contributed by atoms with van der Waals surface area (Å²) in [5.74, 6) is 0.149. The number of hydrogen-bond acceptors (Lipinski definition) is 3. The summed E-state index contributed by atoms with van der Waals surface area (Å²) in [6, 6.07) is 2.76. The number of rotatable bonds is 3. The first-order valence-corrected chi connectivity index (χ1v) is 5.93. The van der Waals surface area contributed by atoms with Crippen molar-refractivity contribution in [2.24, 2.45) is 5.92 Å². The molecule has 0 aromatic carbocycles. The lowest BCUT2D eigenvalue weighted by Crippen LogP contribution is -2.40. The largest absolute Gasteiger partial charge is 0.392 e. The summed E-state index contributed by atoms with van der Waals surface area (Å²) in [5, 5.41) is 18.5. The first kappa shape index (κ1) is 12.5. The number of hydrogen-bond donors (Lipinski definition) is 1. The molecular weight excluding hydrogens is 188 g/mol. The average Bonchev–Trinajstić information content (AvgIpc) is 2.40. The van der Waals surface area contributed by atoms with Crippen LogP contribution in [-0.4, -0.2) is 35.7 Å². The van der Waals surface area contributed by atoms with E-state index in [0.717, 1.165) is 12.8 Å². The van der Waals surface area contributed by atoms with Crippen molar-refractivity contribution < 1.29 is 5.11 Å². The molecular formula is C12H22N2O. The van der Waals surface area contributed by atoms with Crippen LogP contribution in [0.2, 0.25) is 0 Å². The van der Waals surface area contributed by atoms with E-state index in [0.29, 0.717) is 12.6 Å². The second-order valence-electron chi connectivity index (χ2n) is 4.73. The molecule has 0 saturated heterocycles. The smallest absolute Gasteiger partial charge is 0.0672 e. The van der Waals surface area contributed by atoms with Gasteiger partial charge < -0.3 is 5.11 Å². The van der Waals surface area contributed by atoms with Gasteiger partial charge in [0.1, 0.15) is 0 Å². The van der Waals surface area contributed by atoms with Crippen molar-refractivity contribution in [2.45, 2.75) is 51.2 Å². The Morgan fingerprint density at radius 2 is 2.07 bits per heavy atom. The number of nitriles is 1. The van der Waals surface area contributed by atoms with Gasteiger partial charge in [-0.2, -0.15) is 5.26 Å². The molecule has 1 aliphatic rings. The van der Waals surface area contributed by atoms with Crippen LogP contribution in [0.5, 0.6) is 0 Å². The average molecular weight is 210 g/mol. The molecule has 1 saturated carbocycles. The number of likely N-dealkylation sites (N-methyl/N-ethyl adjacent to an activating group) is 1. The third kappa shape index (κ3) is 3.81. The highest BCUT2D eigenvalue weighted by atomic mass is 16.3. The van der Waals surface area contributed by atoms with E-state index < -0.39 is 0 Å². The van der Waals surface area contributed by atoms with Gasteiger partial charge >= 0.3 is 0 Å². The molecule has 1 aliphatic carbocycles. The zero-order chi connectivity index (χ0) is 11.3. The fourth-order valence-corrected chi connectivity index (χ4v) is 2.52. The molecule has 3 unspecified atom stereocenters. The molecule has 1 N–H and O–H groups in total. The summed E-state index contributed by atoms with van der Waals surface area (Å²) >= 11 is 0. The van der Waals surface area contributed by atoms with Crippen LogP contribution in [0.25, 0.3) is 0 Å². The molecule has 0 aromatic heterocycles. The predicted octanol–water partition coefficient (Wildman–Crippen LogP) is 1.77. The number of nitrogens with zero attached hydrogens (tertiary/aromatic N) is 2. The van der Waals surface area contributed by atoms with E-state index in [9.17, 15) is 5.11 Å². The van der Waals surface area contributed by atoms with Crippen molar-refractivity contribution in [3.8, 4) is 6.07 Å². The van der Waals surface area contributed by atoms with E-state index in [1.54, 1.807) is 6.92 Å². The third-order valence-electron chi connectivity index (χ3n) is 3.26. The zero-order valence-electron chi connectivity index (χ0n) is 9.82. The first-order chi connectivity index (χ1) is 7.15. The Morgan fingerprint density at radius 3 is 2.67 bits per heavy atom. The standard InChI is InChI=1S/C12H22N2O/c1-10(15)9-14(2)12-7-5-3-4-6-11(12)8-13/h10-12,15H,3-7,9H2,1-2H3. The maximum Gasteiger partial charge on any atom is 0.0672 e. The molecule has 86 valence electrons. The molecule has 0 amide bonds. The fraction of sp³-hybridized carbons (Fsp3) is 0.917. The van der Waals surface area contributed by atoms with Gasteiger partial charge in [0.25, 0.3) is 0 Å². The van der Waals surface area contributed by atoms with Crippen molar-refractivity contribution >= 4 is 0 Å². The summed E-state index contributed by atoms with van der Waals surface area (Å²) in [7, 11) is 2.02. The van der Waals surface area contributed by atoms with Gasteiger partial charge in [-0.1, -0.05) is 19.3 Å². The van der Waals surface area contributed by atoms with Gasteiger partial charge in [-0.25, -0.2) is 0 Å². The van der Waals surface area contributed by atoms with Crippen LogP contribution in [0.4, 0.5) is 0 Å². The van der Waals surface area contributed by atoms with Gasteiger partial charge in [-0.15, -0.1) is 0 Å². The van der Waals surface area contributed by atoms with E-state index in [2.05, 4.69) is 11.0 Å². The quantitative estimate of drug-likeness (QED) is 0.722. The molecule has 15 heavy (non-hydrogen) atoms. The summed E-state index contributed by atoms with van der Waals surface area (Å²) in [6.45, 7) is 2.47. The molecule has 0 radical (unpaired) electrons. The summed E-state index contributed by atoms with van der Waals surface area (Å²) in [4.78, 5) is 2.16. The van der Waals surface area contributed by atoms with E-state index in [1.807, 2.05) is 7.05 Å². The van der Waals surface area contributed by atoms with Crippen LogP contribution in [0, 0.1) is 17.2 Å². The van der Waals surface area contributed by atoms with Crippen molar-refractivity contribution in [1.29, 1.82) is 5.26 Å². The second-order valence-corrected chi connectivity index (χ2v) is 4.73. The Bertz CT molecular complexity index is 222. The molecule has 3 heteroatoms. The molecule has 3 nitrogen and oxygen atoms in total. The minimum Gasteiger partial charge on any atom is -0.392 e. The highest BCUT2D eigenvalue weighted by Gasteiger charge is 2.27. The van der Waals surface area contributed by atoms with Gasteiger partial charge in [0.15, 0.2) is 0 Å². The van der Waals surface area contributed by atoms with Gasteiger partial charge in [0, 0.05) is 12.6 Å². The van der Waals surface area contributed by atoms with E-state index in [4.69, 9.17) is 5.26 Å². The monoisotopic (exact) mass is 210 g/mol. The lowest BCUT2D eigenvalue weighted by molar-refractivity contribution is 0.101. The third-order valence-corrected chi connectivity index (χ3v) is 3.26. The van der Waals surface area contributed by atoms with Crippen LogP contribution in [-0.2, 0) is 0 Å². The molecule has 1 rings (SSSR count). The van der Waals surface area contributed by atoms with Crippen molar-refractivity contribution in [1.82, 2.24) is 4.90 Å². The second kappa shape index (κ2) is 6.09. The minimum absolute atomic E-state index is 0.149. The highest BCUT2D eigenvalue weighted by Crippen LogP contribution is 2.26. The molecule has 0 aromatic rings. The Labute approximate surface area is 92.7 Å². The lowest BCUT2D eigenvalue weighted by Gasteiger charge is -2.30. The Hall–Kier alpha value is -0.590. The molecule has 0 bridgehead atoms. The van der Waals surface area contributed by atoms with Crippen LogP contribution in [0.15, 0.2) is 0 Å². The van der Waals surface area contributed by atoms with Crippen LogP contribution < -0.4 is 0 Å². The van der Waals surface area contributed by atoms with Gasteiger partial charge in [0.2, 0.25) is 0 Å². The van der Waals surface area contributed by atoms with E-state index in [-0.39, 0.29) is 12.0 Å². The van der Waals surface area contributed by atoms with Crippen molar-refractivity contribution in [3.05, 3.63) is 0 Å². The van der Waals surface area contributed by atoms with E-state index in [1.165, 1.54) is 19.3 Å². The minimum atomic E-state index is -0.308. The molecule has 0 spiro atoms. The van der Waals surface area contributed by atoms with Crippen molar-refractivity contribution in [3.63, 3.8) is 0 Å². The topological polar surface area (TPSA) is 47.3 Å². The van der Waals surface area contributed by atoms with Gasteiger partial charge in [-0.3, -0.25) is 4.90 Å². The zero-order valence-corrected chi connectivity index (χ0v) is 9.82. The van der Waals surface area contributed by atoms with Gasteiger partial charge in [-0.05, 0) is 26.8 Å². The maximum absolute atomic E-state index is 9.36. The molecule has 0 heterocycles. The Morgan fingerprint density at radius 1 is 1.40 bits per heavy atom. The van der Waals surface area contributed by atoms with Crippen LogP contribution in [0.1, 0.15) is 39.0 Å². The number of aliphatic hydroxyl groups excluding tert-OH is 1. The Kier molecular flexibility index (Phi) is 5.07. The van der Waals surface area contributed by atoms with Crippen molar-refractivity contribution in [2.75, 3.05) is 13.6 Å². The normalized spacial score (nSPS) is 29.5. The molecule has 1 fully saturated rings. The lowest BCUT2D eigenvalue weighted by atomic mass is 9.95. The summed E-state index contributed by atoms with van der Waals surface area (Å²) in [5.41, 5.74) is 0. The number of aliphatic hydroxyl groups is 1. The van der Waals surface area contributed by atoms with Gasteiger partial charge in [0.05, 0.1) is 18.1 Å². The summed E-state index contributed by atoms with van der Waals surface area (Å²) < 4.78 is 0.